The van der Waals surface area contributed by atoms with Crippen LogP contribution in [0.5, 0.6) is 0 Å². The molecule has 0 aromatic heterocycles. The summed E-state index contributed by atoms with van der Waals surface area (Å²) in [5, 5.41) is 3.60. The molecule has 2 fully saturated rings. The van der Waals surface area contributed by atoms with Gasteiger partial charge >= 0.3 is 0 Å². The van der Waals surface area contributed by atoms with Crippen molar-refractivity contribution in [2.75, 3.05) is 46.4 Å². The highest BCUT2D eigenvalue weighted by Gasteiger charge is 2.37. The third-order valence-electron chi connectivity index (χ3n) is 3.41. The molecule has 0 saturated carbocycles. The van der Waals surface area contributed by atoms with Gasteiger partial charge in [-0.3, -0.25) is 0 Å². The minimum Gasteiger partial charge on any atom is -0.380 e. The first-order valence-electron chi connectivity index (χ1n) is 5.44. The van der Waals surface area contributed by atoms with E-state index in [0.717, 1.165) is 26.3 Å². The second-order valence-corrected chi connectivity index (χ2v) is 4.83. The van der Waals surface area contributed by atoms with Gasteiger partial charge in [0.1, 0.15) is 0 Å². The van der Waals surface area contributed by atoms with E-state index in [9.17, 15) is 0 Å². The van der Waals surface area contributed by atoms with E-state index in [2.05, 4.69) is 17.3 Å². The molecule has 82 valence electrons. The lowest BCUT2D eigenvalue weighted by Gasteiger charge is -2.41. The molecule has 0 amide bonds. The fourth-order valence-corrected chi connectivity index (χ4v) is 2.15. The molecule has 0 aromatic carbocycles. The summed E-state index contributed by atoms with van der Waals surface area (Å²) in [4.78, 5) is 2.37. The molecule has 0 bridgehead atoms. The average Bonchev–Trinajstić information content (AvgIpc) is 2.50. The van der Waals surface area contributed by atoms with Crippen molar-refractivity contribution in [3.8, 4) is 0 Å². The number of hydrogen-bond donors (Lipinski definition) is 2. The first kappa shape index (κ1) is 10.4. The highest BCUT2D eigenvalue weighted by atomic mass is 16.5. The lowest BCUT2D eigenvalue weighted by molar-refractivity contribution is -0.105. The molecule has 0 aromatic rings. The van der Waals surface area contributed by atoms with Gasteiger partial charge in [-0.2, -0.15) is 0 Å². The zero-order chi connectivity index (χ0) is 10.0. The van der Waals surface area contributed by atoms with Gasteiger partial charge in [-0.05, 0) is 20.0 Å². The maximum absolute atomic E-state index is 5.75. The molecule has 1 atom stereocenters. The fraction of sp³-hybridized carbons (Fsp3) is 1.00. The Morgan fingerprint density at radius 2 is 2.36 bits per heavy atom. The van der Waals surface area contributed by atoms with Crippen LogP contribution in [0, 0.1) is 5.41 Å². The third kappa shape index (κ3) is 2.08. The Kier molecular flexibility index (Phi) is 3.07. The molecular formula is C10H21N3O. The number of likely N-dealkylation sites (N-methyl/N-ethyl adjacent to an activating group) is 1. The lowest BCUT2D eigenvalue weighted by atomic mass is 9.86. The summed E-state index contributed by atoms with van der Waals surface area (Å²) < 4.78 is 5.24. The maximum atomic E-state index is 5.75. The topological polar surface area (TPSA) is 50.5 Å². The van der Waals surface area contributed by atoms with Crippen LogP contribution in [0.2, 0.25) is 0 Å². The van der Waals surface area contributed by atoms with Crippen molar-refractivity contribution in [3.05, 3.63) is 0 Å². The molecule has 2 rings (SSSR count). The van der Waals surface area contributed by atoms with Crippen LogP contribution in [0.15, 0.2) is 0 Å². The van der Waals surface area contributed by atoms with E-state index in [1.165, 1.54) is 19.5 Å². The summed E-state index contributed by atoms with van der Waals surface area (Å²) in [6.45, 7) is 5.80. The van der Waals surface area contributed by atoms with Gasteiger partial charge in [0, 0.05) is 31.1 Å². The Labute approximate surface area is 85.8 Å². The quantitative estimate of drug-likeness (QED) is 0.626. The molecule has 1 unspecified atom stereocenters. The van der Waals surface area contributed by atoms with Gasteiger partial charge in [0.25, 0.3) is 0 Å². The highest BCUT2D eigenvalue weighted by molar-refractivity contribution is 4.91. The number of ether oxygens (including phenoxy) is 1. The van der Waals surface area contributed by atoms with Crippen LogP contribution in [0.4, 0.5) is 0 Å². The maximum Gasteiger partial charge on any atom is 0.0569 e. The normalized spacial score (nSPS) is 31.7. The van der Waals surface area contributed by atoms with Crippen molar-refractivity contribution in [1.82, 2.24) is 10.2 Å². The lowest BCUT2D eigenvalue weighted by Crippen LogP contribution is -2.55. The third-order valence-corrected chi connectivity index (χ3v) is 3.41. The smallest absolute Gasteiger partial charge is 0.0569 e. The first-order valence-corrected chi connectivity index (χ1v) is 5.44. The zero-order valence-electron chi connectivity index (χ0n) is 8.96. The Bertz CT molecular complexity index is 188. The van der Waals surface area contributed by atoms with Crippen LogP contribution in [0.3, 0.4) is 0 Å². The molecule has 2 saturated heterocycles. The Balaban J connectivity index is 1.71. The van der Waals surface area contributed by atoms with Gasteiger partial charge in [0.2, 0.25) is 0 Å². The van der Waals surface area contributed by atoms with Crippen LogP contribution in [-0.4, -0.2) is 57.4 Å². The summed E-state index contributed by atoms with van der Waals surface area (Å²) in [6, 6.07) is 0.657. The summed E-state index contributed by atoms with van der Waals surface area (Å²) in [7, 11) is 2.17. The molecule has 14 heavy (non-hydrogen) atoms. The molecule has 4 nitrogen and oxygen atoms in total. The van der Waals surface area contributed by atoms with Crippen LogP contribution in [-0.2, 0) is 4.74 Å². The van der Waals surface area contributed by atoms with Gasteiger partial charge < -0.3 is 20.7 Å². The second kappa shape index (κ2) is 4.14. The molecule has 0 spiro atoms. The Morgan fingerprint density at radius 1 is 1.57 bits per heavy atom. The number of nitrogens with two attached hydrogens (primary N) is 1. The largest absolute Gasteiger partial charge is 0.380 e. The van der Waals surface area contributed by atoms with Crippen molar-refractivity contribution in [2.45, 2.75) is 12.5 Å². The monoisotopic (exact) mass is 199 g/mol. The minimum absolute atomic E-state index is 0.237. The minimum atomic E-state index is 0.237. The average molecular weight is 199 g/mol. The van der Waals surface area contributed by atoms with Crippen LogP contribution in [0.25, 0.3) is 0 Å². The fourth-order valence-electron chi connectivity index (χ4n) is 2.15. The molecule has 2 heterocycles. The van der Waals surface area contributed by atoms with Gasteiger partial charge in [0.15, 0.2) is 0 Å². The van der Waals surface area contributed by atoms with Crippen molar-refractivity contribution < 1.29 is 4.74 Å². The standard InChI is InChI=1S/C10H21N3O/c1-13-3-2-9(4-13)12-6-10(5-11)7-14-8-10/h9,12H,2-8,11H2,1H3. The van der Waals surface area contributed by atoms with Crippen LogP contribution in [0.1, 0.15) is 6.42 Å². The van der Waals surface area contributed by atoms with Crippen molar-refractivity contribution in [1.29, 1.82) is 0 Å². The predicted octanol–water partition coefficient (Wildman–Crippen LogP) is -0.745. The summed E-state index contributed by atoms with van der Waals surface area (Å²) in [5.41, 5.74) is 5.99. The first-order chi connectivity index (χ1) is 6.74. The van der Waals surface area contributed by atoms with Gasteiger partial charge in [-0.15, -0.1) is 0 Å². The number of nitrogens with zero attached hydrogens (tertiary/aromatic N) is 1. The van der Waals surface area contributed by atoms with Crippen molar-refractivity contribution in [2.24, 2.45) is 11.1 Å². The molecule has 0 radical (unpaired) electrons. The SMILES string of the molecule is CN1CCC(NCC2(CN)COC2)C1. The van der Waals surface area contributed by atoms with E-state index < -0.39 is 0 Å². The Morgan fingerprint density at radius 3 is 2.79 bits per heavy atom. The highest BCUT2D eigenvalue weighted by Crippen LogP contribution is 2.25. The van der Waals surface area contributed by atoms with Crippen molar-refractivity contribution >= 4 is 0 Å². The number of likely N-dealkylation sites (tertiary alicyclic amines) is 1. The Hall–Kier alpha value is -0.160. The molecule has 0 aliphatic carbocycles. The van der Waals surface area contributed by atoms with Gasteiger partial charge in [-0.25, -0.2) is 0 Å². The summed E-state index contributed by atoms with van der Waals surface area (Å²) in [5.74, 6) is 0. The number of nitrogens with one attached hydrogen (secondary N) is 1. The van der Waals surface area contributed by atoms with E-state index in [1.807, 2.05) is 0 Å². The summed E-state index contributed by atoms with van der Waals surface area (Å²) >= 11 is 0. The molecule has 3 N–H and O–H groups in total. The van der Waals surface area contributed by atoms with Crippen LogP contribution < -0.4 is 11.1 Å². The molecule has 2 aliphatic rings. The predicted molar refractivity (Wildman–Crippen MR) is 56.2 cm³/mol. The van der Waals surface area contributed by atoms with Gasteiger partial charge in [-0.1, -0.05) is 0 Å². The van der Waals surface area contributed by atoms with Crippen LogP contribution >= 0.6 is 0 Å². The number of hydrogen-bond acceptors (Lipinski definition) is 4. The van der Waals surface area contributed by atoms with E-state index >= 15 is 0 Å². The zero-order valence-corrected chi connectivity index (χ0v) is 8.96. The van der Waals surface area contributed by atoms with Gasteiger partial charge in [0.05, 0.1) is 13.2 Å². The number of rotatable bonds is 4. The second-order valence-electron chi connectivity index (χ2n) is 4.83. The molecular weight excluding hydrogens is 178 g/mol. The summed E-state index contributed by atoms with van der Waals surface area (Å²) in [6.07, 6.45) is 1.26. The molecule has 4 heteroatoms. The van der Waals surface area contributed by atoms with E-state index in [0.29, 0.717) is 6.04 Å². The van der Waals surface area contributed by atoms with E-state index in [4.69, 9.17) is 10.5 Å². The van der Waals surface area contributed by atoms with E-state index in [1.54, 1.807) is 0 Å². The van der Waals surface area contributed by atoms with Crippen molar-refractivity contribution in [3.63, 3.8) is 0 Å². The van der Waals surface area contributed by atoms with E-state index in [-0.39, 0.29) is 5.41 Å². The molecule has 2 aliphatic heterocycles.